The van der Waals surface area contributed by atoms with E-state index >= 15 is 0 Å². The second kappa shape index (κ2) is 8.74. The molecule has 0 aliphatic carbocycles. The third kappa shape index (κ3) is 3.78. The number of aromatic amines is 2. The lowest BCUT2D eigenvalue weighted by molar-refractivity contribution is 0.284. The molecule has 0 aliphatic heterocycles. The van der Waals surface area contributed by atoms with Gasteiger partial charge in [0.05, 0.1) is 12.5 Å². The molecular formula is C29H25N3O5. The van der Waals surface area contributed by atoms with Gasteiger partial charge < -0.3 is 24.1 Å². The molecule has 3 heterocycles. The van der Waals surface area contributed by atoms with Crippen LogP contribution in [-0.2, 0) is 6.61 Å². The van der Waals surface area contributed by atoms with E-state index in [1.165, 1.54) is 11.6 Å². The SMILES string of the molecule is COc1cc(-c2c3c[nH][nH]c3nc3c2oc2c(O)c(=O)ccc23)ccc1OCc1ccc(C(C)C)cc1. The Bertz CT molecular complexity index is 1830. The smallest absolute Gasteiger partial charge is 0.224 e. The molecule has 0 unspecified atom stereocenters. The Balaban J connectivity index is 1.43. The predicted molar refractivity (Wildman–Crippen MR) is 143 cm³/mol. The molecule has 0 atom stereocenters. The van der Waals surface area contributed by atoms with Crippen LogP contribution in [-0.4, -0.2) is 27.4 Å². The average Bonchev–Trinajstić information content (AvgIpc) is 3.53. The zero-order chi connectivity index (χ0) is 25.7. The number of pyridine rings is 1. The number of hydrogen-bond donors (Lipinski definition) is 3. The van der Waals surface area contributed by atoms with Gasteiger partial charge >= 0.3 is 0 Å². The fourth-order valence-electron chi connectivity index (χ4n) is 4.61. The maximum absolute atomic E-state index is 12.0. The van der Waals surface area contributed by atoms with Crippen molar-refractivity contribution in [2.24, 2.45) is 0 Å². The van der Waals surface area contributed by atoms with E-state index in [0.29, 0.717) is 46.2 Å². The van der Waals surface area contributed by atoms with E-state index in [9.17, 15) is 9.90 Å². The Morgan fingerprint density at radius 2 is 1.81 bits per heavy atom. The molecule has 6 aromatic rings. The van der Waals surface area contributed by atoms with Crippen molar-refractivity contribution in [3.05, 3.63) is 82.1 Å². The Morgan fingerprint density at radius 1 is 1.00 bits per heavy atom. The fraction of sp³-hybridized carbons (Fsp3) is 0.172. The number of fused-ring (bicyclic) bond motifs is 4. The summed E-state index contributed by atoms with van der Waals surface area (Å²) in [6.07, 6.45) is 1.79. The number of hydrogen-bond acceptors (Lipinski definition) is 6. The van der Waals surface area contributed by atoms with Crippen LogP contribution in [0.1, 0.15) is 30.9 Å². The van der Waals surface area contributed by atoms with Crippen LogP contribution in [0.3, 0.4) is 0 Å². The van der Waals surface area contributed by atoms with Gasteiger partial charge in [0.25, 0.3) is 0 Å². The molecule has 3 aromatic heterocycles. The van der Waals surface area contributed by atoms with Crippen molar-refractivity contribution < 1.29 is 19.0 Å². The fourth-order valence-corrected chi connectivity index (χ4v) is 4.61. The van der Waals surface area contributed by atoms with Crippen LogP contribution in [0.15, 0.2) is 70.0 Å². The zero-order valence-corrected chi connectivity index (χ0v) is 20.6. The summed E-state index contributed by atoms with van der Waals surface area (Å²) in [5.74, 6) is 1.22. The van der Waals surface area contributed by atoms with Gasteiger partial charge in [-0.15, -0.1) is 0 Å². The largest absolute Gasteiger partial charge is 0.502 e. The van der Waals surface area contributed by atoms with Gasteiger partial charge in [0.15, 0.2) is 28.3 Å². The lowest BCUT2D eigenvalue weighted by atomic mass is 10.0. The number of rotatable bonds is 6. The first-order chi connectivity index (χ1) is 17.9. The lowest BCUT2D eigenvalue weighted by Gasteiger charge is -2.13. The van der Waals surface area contributed by atoms with E-state index in [4.69, 9.17) is 13.9 Å². The number of phenols is 1. The molecule has 8 nitrogen and oxygen atoms in total. The van der Waals surface area contributed by atoms with Crippen LogP contribution in [0, 0.1) is 0 Å². The van der Waals surface area contributed by atoms with Gasteiger partial charge in [-0.1, -0.05) is 44.2 Å². The number of nitrogens with zero attached hydrogens (tertiary/aromatic N) is 1. The quantitative estimate of drug-likeness (QED) is 0.252. The van der Waals surface area contributed by atoms with E-state index in [1.807, 2.05) is 18.2 Å². The van der Waals surface area contributed by atoms with Crippen molar-refractivity contribution in [1.29, 1.82) is 0 Å². The summed E-state index contributed by atoms with van der Waals surface area (Å²) in [5.41, 5.74) is 5.11. The minimum absolute atomic E-state index is 0.114. The number of ether oxygens (including phenoxy) is 2. The van der Waals surface area contributed by atoms with Gasteiger partial charge in [-0.3, -0.25) is 9.89 Å². The Labute approximate surface area is 211 Å². The first kappa shape index (κ1) is 22.7. The number of phenolic OH excluding ortho intramolecular Hbond substituents is 1. The van der Waals surface area contributed by atoms with Gasteiger partial charge in [0.2, 0.25) is 11.2 Å². The van der Waals surface area contributed by atoms with Crippen molar-refractivity contribution in [2.75, 3.05) is 7.11 Å². The topological polar surface area (TPSA) is 113 Å². The van der Waals surface area contributed by atoms with Crippen LogP contribution in [0.5, 0.6) is 17.2 Å². The van der Waals surface area contributed by atoms with Crippen molar-refractivity contribution in [3.63, 3.8) is 0 Å². The number of methoxy groups -OCH3 is 1. The number of furan rings is 1. The van der Waals surface area contributed by atoms with Crippen LogP contribution in [0.2, 0.25) is 0 Å². The molecule has 8 heteroatoms. The van der Waals surface area contributed by atoms with Crippen LogP contribution >= 0.6 is 0 Å². The predicted octanol–water partition coefficient (Wildman–Crippen LogP) is 6.23. The molecule has 0 bridgehead atoms. The van der Waals surface area contributed by atoms with Crippen molar-refractivity contribution in [1.82, 2.24) is 15.2 Å². The van der Waals surface area contributed by atoms with Gasteiger partial charge in [-0.25, -0.2) is 4.98 Å². The van der Waals surface area contributed by atoms with Crippen molar-refractivity contribution in [2.45, 2.75) is 26.4 Å². The minimum atomic E-state index is -0.506. The Kier molecular flexibility index (Phi) is 5.37. The maximum Gasteiger partial charge on any atom is 0.224 e. The van der Waals surface area contributed by atoms with E-state index in [-0.39, 0.29) is 5.58 Å². The minimum Gasteiger partial charge on any atom is -0.502 e. The molecule has 0 aliphatic rings. The van der Waals surface area contributed by atoms with E-state index in [1.54, 1.807) is 19.4 Å². The molecule has 0 saturated heterocycles. The van der Waals surface area contributed by atoms with Crippen LogP contribution < -0.4 is 14.9 Å². The van der Waals surface area contributed by atoms with Crippen molar-refractivity contribution >= 4 is 33.1 Å². The second-order valence-corrected chi connectivity index (χ2v) is 9.28. The van der Waals surface area contributed by atoms with Gasteiger partial charge in [-0.2, -0.15) is 0 Å². The summed E-state index contributed by atoms with van der Waals surface area (Å²) < 4.78 is 17.8. The molecule has 3 N–H and O–H groups in total. The number of benzene rings is 3. The summed E-state index contributed by atoms with van der Waals surface area (Å²) in [6, 6.07) is 17.0. The normalized spacial score (nSPS) is 11.7. The highest BCUT2D eigenvalue weighted by molar-refractivity contribution is 6.15. The Hall–Kier alpha value is -4.72. The summed E-state index contributed by atoms with van der Waals surface area (Å²) in [5, 5.41) is 17.7. The Morgan fingerprint density at radius 3 is 2.57 bits per heavy atom. The highest BCUT2D eigenvalue weighted by atomic mass is 16.5. The third-order valence-electron chi connectivity index (χ3n) is 6.64. The lowest BCUT2D eigenvalue weighted by Crippen LogP contribution is -1.99. The molecule has 0 amide bonds. The van der Waals surface area contributed by atoms with Gasteiger partial charge in [0.1, 0.15) is 12.1 Å². The summed E-state index contributed by atoms with van der Waals surface area (Å²) in [7, 11) is 1.60. The van der Waals surface area contributed by atoms with E-state index < -0.39 is 11.2 Å². The maximum atomic E-state index is 12.0. The monoisotopic (exact) mass is 495 g/mol. The summed E-state index contributed by atoms with van der Waals surface area (Å²) >= 11 is 0. The first-order valence-electron chi connectivity index (χ1n) is 12.0. The van der Waals surface area contributed by atoms with Crippen LogP contribution in [0.4, 0.5) is 0 Å². The molecule has 0 fully saturated rings. The number of H-pyrrole nitrogens is 2. The number of nitrogens with one attached hydrogen (secondary N) is 2. The van der Waals surface area contributed by atoms with Gasteiger partial charge in [0, 0.05) is 17.1 Å². The van der Waals surface area contributed by atoms with Crippen molar-refractivity contribution in [3.8, 4) is 28.4 Å². The average molecular weight is 496 g/mol. The molecule has 37 heavy (non-hydrogen) atoms. The van der Waals surface area contributed by atoms with E-state index in [0.717, 1.165) is 22.1 Å². The van der Waals surface area contributed by atoms with E-state index in [2.05, 4.69) is 53.3 Å². The van der Waals surface area contributed by atoms with Crippen LogP contribution in [0.25, 0.3) is 44.2 Å². The number of aromatic nitrogens is 3. The first-order valence-corrected chi connectivity index (χ1v) is 12.0. The molecular weight excluding hydrogens is 470 g/mol. The highest BCUT2D eigenvalue weighted by Gasteiger charge is 2.22. The number of aromatic hydroxyl groups is 1. The highest BCUT2D eigenvalue weighted by Crippen LogP contribution is 2.42. The zero-order valence-electron chi connectivity index (χ0n) is 20.6. The summed E-state index contributed by atoms with van der Waals surface area (Å²) in [4.78, 5) is 16.7. The standard InChI is InChI=1S/C29H25N3O5/c1-15(2)17-6-4-16(5-7-17)14-36-22-11-8-18(12-23(22)35-3)24-20-13-30-32-29(20)31-25-19-9-10-21(33)26(34)27(19)37-28(24)25/h4-13,15,34H,14H2,1-3H3,(H2,30,31,32). The molecule has 0 spiro atoms. The molecule has 0 radical (unpaired) electrons. The molecule has 0 saturated carbocycles. The second-order valence-electron chi connectivity index (χ2n) is 9.28. The van der Waals surface area contributed by atoms with Gasteiger partial charge in [-0.05, 0) is 46.9 Å². The molecule has 3 aromatic carbocycles. The molecule has 6 rings (SSSR count). The summed E-state index contributed by atoms with van der Waals surface area (Å²) in [6.45, 7) is 4.75. The molecule has 186 valence electrons. The third-order valence-corrected chi connectivity index (χ3v) is 6.64.